The third-order valence-corrected chi connectivity index (χ3v) is 4.47. The van der Waals surface area contributed by atoms with Gasteiger partial charge in [-0.1, -0.05) is 13.8 Å². The maximum absolute atomic E-state index is 11.1. The van der Waals surface area contributed by atoms with E-state index in [1.807, 2.05) is 13.8 Å². The summed E-state index contributed by atoms with van der Waals surface area (Å²) in [5.74, 6) is 6.80. The molecule has 0 spiro atoms. The number of anilines is 1. The Morgan fingerprint density at radius 3 is 2.61 bits per heavy atom. The zero-order valence-corrected chi connectivity index (χ0v) is 12.3. The first-order valence-corrected chi connectivity index (χ1v) is 8.51. The Morgan fingerprint density at radius 2 is 2.11 bits per heavy atom. The molecule has 0 bridgehead atoms. The van der Waals surface area contributed by atoms with E-state index in [1.54, 1.807) is 0 Å². The van der Waals surface area contributed by atoms with Crippen molar-refractivity contribution >= 4 is 27.4 Å². The summed E-state index contributed by atoms with van der Waals surface area (Å²) in [6, 6.07) is 0. The number of nitrogens with two attached hydrogens (primary N) is 1. The number of hydrazine groups is 1. The number of thioether (sulfide) groups is 1. The zero-order valence-electron chi connectivity index (χ0n) is 10.7. The lowest BCUT2D eigenvalue weighted by Gasteiger charge is -2.14. The molecule has 3 N–H and O–H groups in total. The van der Waals surface area contributed by atoms with E-state index in [2.05, 4.69) is 15.4 Å². The fourth-order valence-corrected chi connectivity index (χ4v) is 3.77. The summed E-state index contributed by atoms with van der Waals surface area (Å²) in [6.07, 6.45) is 2.65. The van der Waals surface area contributed by atoms with Gasteiger partial charge in [0.2, 0.25) is 0 Å². The maximum Gasteiger partial charge on any atom is 0.148 e. The lowest BCUT2D eigenvalue weighted by Crippen LogP contribution is -2.13. The summed E-state index contributed by atoms with van der Waals surface area (Å²) in [5.41, 5.74) is 3.46. The minimum Gasteiger partial charge on any atom is -0.308 e. The molecule has 0 aliphatic carbocycles. The van der Waals surface area contributed by atoms with Crippen molar-refractivity contribution in [1.29, 1.82) is 0 Å². The molecule has 1 aromatic heterocycles. The van der Waals surface area contributed by atoms with E-state index in [-0.39, 0.29) is 11.7 Å². The molecule has 0 unspecified atom stereocenters. The summed E-state index contributed by atoms with van der Waals surface area (Å²) >= 11 is 1.41. The van der Waals surface area contributed by atoms with Crippen molar-refractivity contribution in [1.82, 2.24) is 9.97 Å². The van der Waals surface area contributed by atoms with Gasteiger partial charge in [0.05, 0.1) is 5.75 Å². The SMILES string of the molecule is CC(C)c1c(NN)ncnc1SCCS(C)(=O)=O. The van der Waals surface area contributed by atoms with E-state index in [1.165, 1.54) is 24.3 Å². The highest BCUT2D eigenvalue weighted by Crippen LogP contribution is 2.30. The molecule has 0 saturated carbocycles. The first-order chi connectivity index (χ1) is 8.35. The van der Waals surface area contributed by atoms with Gasteiger partial charge < -0.3 is 5.43 Å². The van der Waals surface area contributed by atoms with Gasteiger partial charge in [-0.15, -0.1) is 11.8 Å². The van der Waals surface area contributed by atoms with Crippen LogP contribution in [0.15, 0.2) is 11.4 Å². The van der Waals surface area contributed by atoms with Crippen molar-refractivity contribution < 1.29 is 8.42 Å². The minimum atomic E-state index is -2.95. The van der Waals surface area contributed by atoms with Gasteiger partial charge in [-0.05, 0) is 5.92 Å². The van der Waals surface area contributed by atoms with Crippen LogP contribution >= 0.6 is 11.8 Å². The lowest BCUT2D eigenvalue weighted by atomic mass is 10.1. The van der Waals surface area contributed by atoms with Crippen LogP contribution < -0.4 is 11.3 Å². The second kappa shape index (κ2) is 6.35. The first-order valence-electron chi connectivity index (χ1n) is 5.47. The molecule has 0 aliphatic rings. The summed E-state index contributed by atoms with van der Waals surface area (Å²) in [6.45, 7) is 4.03. The molecule has 0 aromatic carbocycles. The molecule has 1 heterocycles. The fourth-order valence-electron chi connectivity index (χ4n) is 1.42. The molecule has 0 saturated heterocycles. The van der Waals surface area contributed by atoms with E-state index >= 15 is 0 Å². The van der Waals surface area contributed by atoms with Crippen LogP contribution in [0.3, 0.4) is 0 Å². The summed E-state index contributed by atoms with van der Waals surface area (Å²) in [7, 11) is -2.95. The molecule has 0 fully saturated rings. The van der Waals surface area contributed by atoms with E-state index in [0.717, 1.165) is 10.6 Å². The number of hydrogen-bond donors (Lipinski definition) is 2. The van der Waals surface area contributed by atoms with Crippen molar-refractivity contribution in [2.24, 2.45) is 5.84 Å². The van der Waals surface area contributed by atoms with Crippen LogP contribution in [0.4, 0.5) is 5.82 Å². The average Bonchev–Trinajstić information content (AvgIpc) is 2.26. The topological polar surface area (TPSA) is 98.0 Å². The van der Waals surface area contributed by atoms with Crippen LogP contribution in [-0.4, -0.2) is 36.1 Å². The number of nitrogen functional groups attached to an aromatic ring is 1. The maximum atomic E-state index is 11.1. The smallest absolute Gasteiger partial charge is 0.148 e. The Morgan fingerprint density at radius 1 is 1.44 bits per heavy atom. The zero-order chi connectivity index (χ0) is 13.8. The van der Waals surface area contributed by atoms with E-state index in [9.17, 15) is 8.42 Å². The molecule has 1 aromatic rings. The molecule has 1 rings (SSSR count). The minimum absolute atomic E-state index is 0.130. The van der Waals surface area contributed by atoms with Crippen LogP contribution in [0, 0.1) is 0 Å². The fraction of sp³-hybridized carbons (Fsp3) is 0.600. The average molecular weight is 290 g/mol. The third-order valence-electron chi connectivity index (χ3n) is 2.25. The number of nitrogens with zero attached hydrogens (tertiary/aromatic N) is 2. The van der Waals surface area contributed by atoms with Crippen molar-refractivity contribution in [3.05, 3.63) is 11.9 Å². The molecule has 18 heavy (non-hydrogen) atoms. The van der Waals surface area contributed by atoms with Gasteiger partial charge in [0.1, 0.15) is 27.0 Å². The lowest BCUT2D eigenvalue weighted by molar-refractivity contribution is 0.603. The molecule has 0 amide bonds. The second-order valence-electron chi connectivity index (χ2n) is 4.22. The molecule has 0 atom stereocenters. The standard InChI is InChI=1S/C10H18N4O2S2/c1-7(2)8-9(14-11)12-6-13-10(8)17-4-5-18(3,15)16/h6-7H,4-5,11H2,1-3H3,(H,12,13,14). The predicted octanol–water partition coefficient (Wildman–Crippen LogP) is 1.02. The Hall–Kier alpha value is -0.860. The van der Waals surface area contributed by atoms with Crippen LogP contribution in [0.25, 0.3) is 0 Å². The molecular weight excluding hydrogens is 272 g/mol. The van der Waals surface area contributed by atoms with Crippen LogP contribution in [0.2, 0.25) is 0 Å². The van der Waals surface area contributed by atoms with Gasteiger partial charge in [0, 0.05) is 17.6 Å². The molecule has 6 nitrogen and oxygen atoms in total. The number of sulfone groups is 1. The molecule has 0 radical (unpaired) electrons. The normalized spacial score (nSPS) is 11.8. The Bertz CT molecular complexity index is 503. The number of hydrogen-bond acceptors (Lipinski definition) is 7. The van der Waals surface area contributed by atoms with Crippen molar-refractivity contribution in [3.63, 3.8) is 0 Å². The Kier molecular flexibility index (Phi) is 5.36. The second-order valence-corrected chi connectivity index (χ2v) is 7.56. The van der Waals surface area contributed by atoms with Gasteiger partial charge >= 0.3 is 0 Å². The van der Waals surface area contributed by atoms with Gasteiger partial charge in [-0.2, -0.15) is 0 Å². The highest BCUT2D eigenvalue weighted by Gasteiger charge is 2.15. The number of nitrogens with one attached hydrogen (secondary N) is 1. The number of rotatable bonds is 6. The quantitative estimate of drug-likeness (QED) is 0.349. The van der Waals surface area contributed by atoms with Crippen molar-refractivity contribution in [2.75, 3.05) is 23.2 Å². The van der Waals surface area contributed by atoms with Gasteiger partial charge in [0.25, 0.3) is 0 Å². The highest BCUT2D eigenvalue weighted by atomic mass is 32.2. The molecule has 0 aliphatic heterocycles. The predicted molar refractivity (Wildman–Crippen MR) is 74.4 cm³/mol. The number of aromatic nitrogens is 2. The Labute approximate surface area is 112 Å². The van der Waals surface area contributed by atoms with Gasteiger partial charge in [-0.25, -0.2) is 24.2 Å². The van der Waals surface area contributed by atoms with Crippen LogP contribution in [0.5, 0.6) is 0 Å². The third kappa shape index (κ3) is 4.43. The van der Waals surface area contributed by atoms with Crippen molar-refractivity contribution in [2.45, 2.75) is 24.8 Å². The van der Waals surface area contributed by atoms with E-state index in [4.69, 9.17) is 5.84 Å². The highest BCUT2D eigenvalue weighted by molar-refractivity contribution is 8.00. The van der Waals surface area contributed by atoms with Crippen molar-refractivity contribution in [3.8, 4) is 0 Å². The summed E-state index contributed by atoms with van der Waals surface area (Å²) in [4.78, 5) is 8.25. The largest absolute Gasteiger partial charge is 0.308 e. The molecular formula is C10H18N4O2S2. The van der Waals surface area contributed by atoms with Crippen LogP contribution in [0.1, 0.15) is 25.3 Å². The van der Waals surface area contributed by atoms with Gasteiger partial charge in [0.15, 0.2) is 0 Å². The van der Waals surface area contributed by atoms with E-state index in [0.29, 0.717) is 11.6 Å². The summed E-state index contributed by atoms with van der Waals surface area (Å²) in [5, 5.41) is 0.775. The van der Waals surface area contributed by atoms with E-state index < -0.39 is 9.84 Å². The monoisotopic (exact) mass is 290 g/mol. The summed E-state index contributed by atoms with van der Waals surface area (Å²) < 4.78 is 22.2. The first kappa shape index (κ1) is 15.2. The molecule has 8 heteroatoms. The van der Waals surface area contributed by atoms with Crippen LogP contribution in [-0.2, 0) is 9.84 Å². The Balaban J connectivity index is 2.88. The van der Waals surface area contributed by atoms with Gasteiger partial charge in [-0.3, -0.25) is 0 Å². The molecule has 102 valence electrons.